The van der Waals surface area contributed by atoms with Crippen molar-refractivity contribution in [1.82, 2.24) is 4.90 Å². The lowest BCUT2D eigenvalue weighted by Crippen LogP contribution is -2.45. The van der Waals surface area contributed by atoms with Crippen LogP contribution in [0.15, 0.2) is 11.4 Å². The summed E-state index contributed by atoms with van der Waals surface area (Å²) in [6.07, 6.45) is 0.0946. The molecule has 1 aliphatic heterocycles. The minimum atomic E-state index is -0.958. The van der Waals surface area contributed by atoms with Crippen molar-refractivity contribution in [1.29, 1.82) is 5.26 Å². The number of nitriles is 1. The number of thiophene rings is 1. The molecule has 0 saturated carbocycles. The van der Waals surface area contributed by atoms with Crippen LogP contribution in [0.1, 0.15) is 46.1 Å². The molecule has 1 aliphatic rings. The summed E-state index contributed by atoms with van der Waals surface area (Å²) in [6.45, 7) is 8.16. The number of hydrogen-bond donors (Lipinski definition) is 1. The van der Waals surface area contributed by atoms with Gasteiger partial charge in [0.05, 0.1) is 11.5 Å². The molecule has 0 radical (unpaired) electrons. The Kier molecular flexibility index (Phi) is 6.60. The van der Waals surface area contributed by atoms with Crippen molar-refractivity contribution in [3.05, 3.63) is 17.0 Å². The molecule has 0 aromatic carbocycles. The van der Waals surface area contributed by atoms with E-state index in [-0.39, 0.29) is 11.8 Å². The first kappa shape index (κ1) is 20.9. The summed E-state index contributed by atoms with van der Waals surface area (Å²) in [5, 5.41) is 13.7. The molecule has 27 heavy (non-hydrogen) atoms. The Labute approximate surface area is 163 Å². The van der Waals surface area contributed by atoms with Crippen LogP contribution in [0.2, 0.25) is 0 Å². The van der Waals surface area contributed by atoms with Gasteiger partial charge in [-0.15, -0.1) is 11.3 Å². The topological polar surface area (TPSA) is 99.5 Å². The van der Waals surface area contributed by atoms with Gasteiger partial charge >= 0.3 is 5.97 Å². The highest BCUT2D eigenvalue weighted by atomic mass is 32.1. The van der Waals surface area contributed by atoms with Gasteiger partial charge < -0.3 is 15.0 Å². The van der Waals surface area contributed by atoms with Crippen LogP contribution >= 0.6 is 11.3 Å². The highest BCUT2D eigenvalue weighted by molar-refractivity contribution is 7.14. The number of anilines is 1. The lowest BCUT2D eigenvalue weighted by molar-refractivity contribution is -0.160. The third kappa shape index (κ3) is 5.30. The maximum absolute atomic E-state index is 12.4. The van der Waals surface area contributed by atoms with Crippen molar-refractivity contribution in [2.75, 3.05) is 18.4 Å². The van der Waals surface area contributed by atoms with Gasteiger partial charge in [-0.2, -0.15) is 5.26 Å². The van der Waals surface area contributed by atoms with E-state index in [1.165, 1.54) is 18.3 Å². The third-order valence-corrected chi connectivity index (χ3v) is 5.27. The summed E-state index contributed by atoms with van der Waals surface area (Å²) in [5.74, 6) is -1.14. The minimum Gasteiger partial charge on any atom is -0.452 e. The normalized spacial score (nSPS) is 16.3. The van der Waals surface area contributed by atoms with Gasteiger partial charge in [-0.05, 0) is 31.2 Å². The van der Waals surface area contributed by atoms with Gasteiger partial charge in [0.25, 0.3) is 5.91 Å². The zero-order valence-electron chi connectivity index (χ0n) is 16.1. The standard InChI is InChI=1S/C19H25N3O4S/c1-12(15(23)21-16-14(11-20)7-10-27-16)26-17(24)13-5-8-22(9-6-13)18(25)19(2,3)4/h7,10,12-13H,5-6,8-9H2,1-4H3,(H,21,23)/t12-/m0/s1. The van der Waals surface area contributed by atoms with Gasteiger partial charge in [-0.3, -0.25) is 14.4 Å². The second-order valence-corrected chi connectivity index (χ2v) is 8.58. The number of amides is 2. The number of likely N-dealkylation sites (tertiary alicyclic amines) is 1. The first-order chi connectivity index (χ1) is 12.6. The molecule has 1 aromatic heterocycles. The summed E-state index contributed by atoms with van der Waals surface area (Å²) >= 11 is 1.24. The van der Waals surface area contributed by atoms with Crippen molar-refractivity contribution >= 4 is 34.1 Å². The molecule has 7 nitrogen and oxygen atoms in total. The van der Waals surface area contributed by atoms with Crippen LogP contribution in [0.3, 0.4) is 0 Å². The molecule has 1 atom stereocenters. The fraction of sp³-hybridized carbons (Fsp3) is 0.579. The quantitative estimate of drug-likeness (QED) is 0.796. The Bertz CT molecular complexity index is 752. The summed E-state index contributed by atoms with van der Waals surface area (Å²) in [5.41, 5.74) is -0.0629. The smallest absolute Gasteiger partial charge is 0.309 e. The Morgan fingerprint density at radius 2 is 1.96 bits per heavy atom. The number of rotatable bonds is 4. The predicted octanol–water partition coefficient (Wildman–Crippen LogP) is 2.77. The summed E-state index contributed by atoms with van der Waals surface area (Å²) in [4.78, 5) is 38.6. The van der Waals surface area contributed by atoms with Crippen molar-refractivity contribution in [3.8, 4) is 6.07 Å². The Morgan fingerprint density at radius 1 is 1.33 bits per heavy atom. The van der Waals surface area contributed by atoms with E-state index in [2.05, 4.69) is 5.32 Å². The van der Waals surface area contributed by atoms with Gasteiger partial charge in [0.15, 0.2) is 6.10 Å². The second-order valence-electron chi connectivity index (χ2n) is 7.66. The van der Waals surface area contributed by atoms with Gasteiger partial charge in [0, 0.05) is 18.5 Å². The molecule has 0 aliphatic carbocycles. The van der Waals surface area contributed by atoms with Gasteiger partial charge in [-0.25, -0.2) is 0 Å². The average Bonchev–Trinajstić information content (AvgIpc) is 3.07. The summed E-state index contributed by atoms with van der Waals surface area (Å²) in [6, 6.07) is 3.61. The second kappa shape index (κ2) is 8.53. The number of nitrogens with one attached hydrogen (secondary N) is 1. The average molecular weight is 391 g/mol. The molecule has 1 aromatic rings. The fourth-order valence-electron chi connectivity index (χ4n) is 2.82. The van der Waals surface area contributed by atoms with E-state index >= 15 is 0 Å². The van der Waals surface area contributed by atoms with Crippen molar-refractivity contribution in [3.63, 3.8) is 0 Å². The summed E-state index contributed by atoms with van der Waals surface area (Å²) in [7, 11) is 0. The zero-order valence-corrected chi connectivity index (χ0v) is 16.9. The van der Waals surface area contributed by atoms with Gasteiger partial charge in [0.1, 0.15) is 11.1 Å². The molecule has 1 saturated heterocycles. The van der Waals surface area contributed by atoms with Crippen LogP contribution in [0.4, 0.5) is 5.00 Å². The van der Waals surface area contributed by atoms with Crippen LogP contribution in [-0.2, 0) is 19.1 Å². The number of nitrogens with zero attached hydrogens (tertiary/aromatic N) is 2. The molecule has 2 heterocycles. The molecule has 2 rings (SSSR count). The SMILES string of the molecule is C[C@H](OC(=O)C1CCN(C(=O)C(C)(C)C)CC1)C(=O)Nc1sccc1C#N. The first-order valence-corrected chi connectivity index (χ1v) is 9.79. The van der Waals surface area contributed by atoms with Crippen molar-refractivity contribution in [2.45, 2.75) is 46.6 Å². The van der Waals surface area contributed by atoms with Crippen LogP contribution in [0, 0.1) is 22.7 Å². The molecular formula is C19H25N3O4S. The number of piperidine rings is 1. The molecule has 146 valence electrons. The van der Waals surface area contributed by atoms with Crippen LogP contribution in [0.5, 0.6) is 0 Å². The number of ether oxygens (including phenoxy) is 1. The first-order valence-electron chi connectivity index (χ1n) is 8.91. The Balaban J connectivity index is 1.84. The third-order valence-electron chi connectivity index (χ3n) is 4.44. The monoisotopic (exact) mass is 391 g/mol. The zero-order chi connectivity index (χ0) is 20.2. The van der Waals surface area contributed by atoms with E-state index in [1.54, 1.807) is 16.3 Å². The molecule has 1 fully saturated rings. The van der Waals surface area contributed by atoms with E-state index in [4.69, 9.17) is 10.00 Å². The number of carbonyl (C=O) groups excluding carboxylic acids is 3. The number of hydrogen-bond acceptors (Lipinski definition) is 6. The van der Waals surface area contributed by atoms with E-state index in [1.807, 2.05) is 26.8 Å². The number of carbonyl (C=O) groups is 3. The van der Waals surface area contributed by atoms with E-state index in [9.17, 15) is 14.4 Å². The largest absolute Gasteiger partial charge is 0.452 e. The van der Waals surface area contributed by atoms with E-state index in [0.717, 1.165) is 0 Å². The maximum Gasteiger partial charge on any atom is 0.309 e. The van der Waals surface area contributed by atoms with E-state index in [0.29, 0.717) is 36.5 Å². The fourth-order valence-corrected chi connectivity index (χ4v) is 3.56. The predicted molar refractivity (Wildman–Crippen MR) is 102 cm³/mol. The van der Waals surface area contributed by atoms with Crippen LogP contribution < -0.4 is 5.32 Å². The number of esters is 1. The summed E-state index contributed by atoms with van der Waals surface area (Å²) < 4.78 is 5.30. The maximum atomic E-state index is 12.4. The van der Waals surface area contributed by atoms with Gasteiger partial charge in [-0.1, -0.05) is 20.8 Å². The lowest BCUT2D eigenvalue weighted by atomic mass is 9.91. The van der Waals surface area contributed by atoms with Crippen molar-refractivity contribution in [2.24, 2.45) is 11.3 Å². The molecule has 8 heteroatoms. The molecule has 0 bridgehead atoms. The van der Waals surface area contributed by atoms with Crippen molar-refractivity contribution < 1.29 is 19.1 Å². The molecule has 0 spiro atoms. The van der Waals surface area contributed by atoms with Gasteiger partial charge in [0.2, 0.25) is 5.91 Å². The molecular weight excluding hydrogens is 366 g/mol. The molecule has 0 unspecified atom stereocenters. The minimum absolute atomic E-state index is 0.0753. The van der Waals surface area contributed by atoms with Crippen LogP contribution in [0.25, 0.3) is 0 Å². The lowest BCUT2D eigenvalue weighted by Gasteiger charge is -2.35. The van der Waals surface area contributed by atoms with Crippen LogP contribution in [-0.4, -0.2) is 41.9 Å². The Hall–Kier alpha value is -2.40. The molecule has 1 N–H and O–H groups in total. The highest BCUT2D eigenvalue weighted by Crippen LogP contribution is 2.25. The molecule has 2 amide bonds. The van der Waals surface area contributed by atoms with E-state index < -0.39 is 23.4 Å². The Morgan fingerprint density at radius 3 is 2.52 bits per heavy atom. The highest BCUT2D eigenvalue weighted by Gasteiger charge is 2.34.